The largest absolute Gasteiger partial charge is 0.352 e. The monoisotopic (exact) mass is 568 g/mol. The zero-order valence-electron chi connectivity index (χ0n) is 22.4. The van der Waals surface area contributed by atoms with E-state index < -0.39 is 15.7 Å². The first kappa shape index (κ1) is 28.8. The average molecular weight is 569 g/mol. The summed E-state index contributed by atoms with van der Waals surface area (Å²) in [7, 11) is -4.01. The number of quaternary nitrogens is 1. The van der Waals surface area contributed by atoms with Gasteiger partial charge in [0.05, 0.1) is 47.2 Å². The van der Waals surface area contributed by atoms with Crippen LogP contribution in [0.2, 0.25) is 5.02 Å². The van der Waals surface area contributed by atoms with Crippen LogP contribution in [-0.2, 0) is 16.4 Å². The van der Waals surface area contributed by atoms with Crippen molar-refractivity contribution in [1.82, 2.24) is 5.32 Å². The van der Waals surface area contributed by atoms with Gasteiger partial charge in [0, 0.05) is 23.6 Å². The minimum absolute atomic E-state index is 0.0160. The number of amides is 2. The topological polar surface area (TPSA) is 88.0 Å². The average Bonchev–Trinajstić information content (AvgIpc) is 2.99. The Morgan fingerprint density at radius 2 is 1.67 bits per heavy atom. The Labute approximate surface area is 235 Å². The number of sulfone groups is 1. The number of nitrogens with one attached hydrogen (secondary N) is 2. The molecule has 2 amide bonds. The molecule has 39 heavy (non-hydrogen) atoms. The highest BCUT2D eigenvalue weighted by molar-refractivity contribution is 7.91. The normalized spacial score (nSPS) is 14.1. The van der Waals surface area contributed by atoms with Gasteiger partial charge in [-0.05, 0) is 60.9 Å². The number of carbonyl (C=O) groups is 2. The molecule has 0 fully saturated rings. The van der Waals surface area contributed by atoms with Crippen molar-refractivity contribution in [2.75, 3.05) is 31.1 Å². The van der Waals surface area contributed by atoms with Gasteiger partial charge in [-0.1, -0.05) is 49.7 Å². The lowest BCUT2D eigenvalue weighted by Gasteiger charge is -2.23. The number of halogens is 1. The van der Waals surface area contributed by atoms with Crippen LogP contribution in [0.1, 0.15) is 59.4 Å². The Bertz CT molecular complexity index is 1450. The Hall–Kier alpha value is -3.20. The third kappa shape index (κ3) is 6.52. The van der Waals surface area contributed by atoms with Crippen LogP contribution in [0.3, 0.4) is 0 Å². The molecular formula is C30H35ClN3O4S+. The number of nitrogens with zero attached hydrogens (tertiary/aromatic N) is 1. The van der Waals surface area contributed by atoms with E-state index in [9.17, 15) is 18.0 Å². The molecule has 3 aromatic rings. The van der Waals surface area contributed by atoms with Crippen molar-refractivity contribution in [2.24, 2.45) is 0 Å². The zero-order chi connectivity index (χ0) is 28.0. The van der Waals surface area contributed by atoms with E-state index in [1.165, 1.54) is 40.1 Å². The minimum atomic E-state index is -4.01. The Morgan fingerprint density at radius 3 is 2.38 bits per heavy atom. The maximum atomic E-state index is 13.8. The summed E-state index contributed by atoms with van der Waals surface area (Å²) in [6.07, 6.45) is 3.08. The van der Waals surface area contributed by atoms with E-state index in [-0.39, 0.29) is 33.5 Å². The molecule has 0 radical (unpaired) electrons. The molecule has 1 aliphatic rings. The fraction of sp³-hybridized carbons (Fsp3) is 0.333. The molecule has 1 heterocycles. The first-order valence-corrected chi connectivity index (χ1v) is 15.3. The van der Waals surface area contributed by atoms with Crippen LogP contribution in [0.4, 0.5) is 5.69 Å². The summed E-state index contributed by atoms with van der Waals surface area (Å²) in [5.41, 5.74) is 1.29. The molecule has 0 spiro atoms. The van der Waals surface area contributed by atoms with Gasteiger partial charge < -0.3 is 15.1 Å². The van der Waals surface area contributed by atoms with Crippen molar-refractivity contribution in [2.45, 2.75) is 49.4 Å². The summed E-state index contributed by atoms with van der Waals surface area (Å²) in [5, 5.41) is 3.47. The van der Waals surface area contributed by atoms with Gasteiger partial charge in [0.15, 0.2) is 0 Å². The van der Waals surface area contributed by atoms with Gasteiger partial charge in [-0.25, -0.2) is 8.42 Å². The van der Waals surface area contributed by atoms with Gasteiger partial charge in [0.2, 0.25) is 9.84 Å². The highest BCUT2D eigenvalue weighted by Crippen LogP contribution is 2.38. The number of rotatable bonds is 11. The predicted octanol–water partition coefficient (Wildman–Crippen LogP) is 4.16. The van der Waals surface area contributed by atoms with Crippen molar-refractivity contribution in [3.8, 4) is 0 Å². The second-order valence-electron chi connectivity index (χ2n) is 9.81. The van der Waals surface area contributed by atoms with Crippen LogP contribution in [0, 0.1) is 0 Å². The molecular weight excluding hydrogens is 534 g/mol. The van der Waals surface area contributed by atoms with E-state index in [4.69, 9.17) is 11.6 Å². The number of fused-ring (bicyclic) bond motifs is 2. The van der Waals surface area contributed by atoms with Gasteiger partial charge in [-0.2, -0.15) is 0 Å². The Morgan fingerprint density at radius 1 is 0.923 bits per heavy atom. The van der Waals surface area contributed by atoms with Crippen LogP contribution in [0.5, 0.6) is 0 Å². The van der Waals surface area contributed by atoms with E-state index in [1.807, 2.05) is 6.07 Å². The van der Waals surface area contributed by atoms with E-state index in [2.05, 4.69) is 19.2 Å². The van der Waals surface area contributed by atoms with E-state index in [0.29, 0.717) is 17.1 Å². The number of benzene rings is 3. The number of carbonyl (C=O) groups excluding carboxylic acids is 2. The fourth-order valence-corrected chi connectivity index (χ4v) is 6.89. The molecule has 7 nitrogen and oxygen atoms in total. The van der Waals surface area contributed by atoms with Crippen molar-refractivity contribution in [3.05, 3.63) is 88.4 Å². The van der Waals surface area contributed by atoms with E-state index in [0.717, 1.165) is 44.5 Å². The second-order valence-corrected chi connectivity index (χ2v) is 12.1. The molecule has 0 atom stereocenters. The quantitative estimate of drug-likeness (QED) is 0.340. The molecule has 0 aliphatic carbocycles. The highest BCUT2D eigenvalue weighted by atomic mass is 35.5. The van der Waals surface area contributed by atoms with E-state index in [1.54, 1.807) is 30.3 Å². The first-order valence-electron chi connectivity index (χ1n) is 13.4. The van der Waals surface area contributed by atoms with Gasteiger partial charge in [0.25, 0.3) is 11.8 Å². The molecule has 0 unspecified atom stereocenters. The van der Waals surface area contributed by atoms with Gasteiger partial charge in [-0.15, -0.1) is 0 Å². The summed E-state index contributed by atoms with van der Waals surface area (Å²) in [4.78, 5) is 29.7. The van der Waals surface area contributed by atoms with Crippen LogP contribution in [0.15, 0.2) is 76.5 Å². The molecule has 0 saturated carbocycles. The van der Waals surface area contributed by atoms with Crippen LogP contribution in [0.25, 0.3) is 0 Å². The van der Waals surface area contributed by atoms with Crippen molar-refractivity contribution >= 4 is 38.9 Å². The molecule has 2 N–H and O–H groups in total. The third-order valence-corrected chi connectivity index (χ3v) is 8.98. The summed E-state index contributed by atoms with van der Waals surface area (Å²) in [6.45, 7) is 8.16. The second kappa shape index (κ2) is 12.8. The van der Waals surface area contributed by atoms with Gasteiger partial charge in [-0.3, -0.25) is 9.59 Å². The lowest BCUT2D eigenvalue weighted by Crippen LogP contribution is -3.12. The van der Waals surface area contributed by atoms with Crippen molar-refractivity contribution < 1.29 is 22.9 Å². The molecule has 4 rings (SSSR count). The van der Waals surface area contributed by atoms with E-state index >= 15 is 0 Å². The van der Waals surface area contributed by atoms with Crippen molar-refractivity contribution in [3.63, 3.8) is 0 Å². The van der Waals surface area contributed by atoms with Crippen LogP contribution in [-0.4, -0.2) is 46.4 Å². The van der Waals surface area contributed by atoms with Crippen LogP contribution < -0.4 is 15.1 Å². The number of hydrogen-bond acceptors (Lipinski definition) is 4. The number of anilines is 1. The third-order valence-electron chi connectivity index (χ3n) is 6.88. The zero-order valence-corrected chi connectivity index (χ0v) is 23.9. The van der Waals surface area contributed by atoms with Crippen molar-refractivity contribution in [1.29, 1.82) is 0 Å². The fourth-order valence-electron chi connectivity index (χ4n) is 5.05. The smallest absolute Gasteiger partial charge is 0.259 e. The summed E-state index contributed by atoms with van der Waals surface area (Å²) < 4.78 is 27.3. The lowest BCUT2D eigenvalue weighted by atomic mass is 10.1. The molecule has 3 aromatic carbocycles. The molecule has 206 valence electrons. The van der Waals surface area contributed by atoms with Gasteiger partial charge in [0.1, 0.15) is 0 Å². The molecule has 0 aromatic heterocycles. The van der Waals surface area contributed by atoms with Crippen LogP contribution >= 0.6 is 11.6 Å². The highest BCUT2D eigenvalue weighted by Gasteiger charge is 2.36. The standard InChI is InChI=1S/C30H34ClN3O4S/c1-3-16-33(17-4-2)18-8-15-32-29(35)23-13-14-28-26(20-23)34(21-22-9-7-10-24(31)19-22)30(36)25-11-5-6-12-27(25)39(28,37)38/h5-7,9-14,19-20H,3-4,8,15-18,21H2,1-2H3,(H,32,35)/p+1. The van der Waals surface area contributed by atoms with Gasteiger partial charge >= 0.3 is 0 Å². The molecule has 0 bridgehead atoms. The lowest BCUT2D eigenvalue weighted by molar-refractivity contribution is -0.900. The first-order chi connectivity index (χ1) is 18.8. The minimum Gasteiger partial charge on any atom is -0.352 e. The SMILES string of the molecule is CCC[NH+](CCC)CCCNC(=O)c1ccc2c(c1)N(Cc1cccc(Cl)c1)C(=O)c1ccccc1S2(=O)=O. The molecule has 1 aliphatic heterocycles. The Kier molecular flexibility index (Phi) is 9.43. The Balaban J connectivity index is 1.65. The molecule has 9 heteroatoms. The summed E-state index contributed by atoms with van der Waals surface area (Å²) >= 11 is 6.19. The predicted molar refractivity (Wildman–Crippen MR) is 153 cm³/mol. The summed E-state index contributed by atoms with van der Waals surface area (Å²) in [6, 6.07) is 17.7. The maximum absolute atomic E-state index is 13.8. The number of hydrogen-bond donors (Lipinski definition) is 2. The maximum Gasteiger partial charge on any atom is 0.259 e. The summed E-state index contributed by atoms with van der Waals surface area (Å²) in [5.74, 6) is -0.764. The molecule has 0 saturated heterocycles.